The molecule has 1 aliphatic rings. The number of hydrogen-bond acceptors (Lipinski definition) is 4. The van der Waals surface area contributed by atoms with Crippen LogP contribution in [0, 0.1) is 23.7 Å². The Balaban J connectivity index is 1.56. The molecule has 0 spiro atoms. The number of aromatic nitrogens is 1. The molecule has 176 valence electrons. The molecule has 1 aromatic heterocycles. The Hall–Kier alpha value is -3.15. The second-order valence-corrected chi connectivity index (χ2v) is 9.17. The van der Waals surface area contributed by atoms with E-state index < -0.39 is 0 Å². The van der Waals surface area contributed by atoms with Crippen LogP contribution in [0.2, 0.25) is 0 Å². The molecular weight excluding hydrogens is 414 g/mol. The first kappa shape index (κ1) is 24.5. The first-order chi connectivity index (χ1) is 15.9. The normalized spacial score (nSPS) is 20.2. The van der Waals surface area contributed by atoms with E-state index in [1.165, 1.54) is 5.57 Å². The lowest BCUT2D eigenvalue weighted by Crippen LogP contribution is -2.38. The van der Waals surface area contributed by atoms with Gasteiger partial charge in [0, 0.05) is 25.7 Å². The minimum atomic E-state index is -0.149. The molecule has 2 amide bonds. The molecule has 0 radical (unpaired) electrons. The minimum absolute atomic E-state index is 0.0629. The molecule has 2 N–H and O–H groups in total. The molecule has 6 heteroatoms. The lowest BCUT2D eigenvalue weighted by molar-refractivity contribution is -0.122. The van der Waals surface area contributed by atoms with E-state index in [9.17, 15) is 9.59 Å². The van der Waals surface area contributed by atoms with Crippen LogP contribution in [0.25, 0.3) is 0 Å². The summed E-state index contributed by atoms with van der Waals surface area (Å²) in [5, 5.41) is 6.09. The fourth-order valence-electron chi connectivity index (χ4n) is 4.55. The van der Waals surface area contributed by atoms with Crippen LogP contribution in [0.1, 0.15) is 49.7 Å². The lowest BCUT2D eigenvalue weighted by atomic mass is 9.69. The maximum atomic E-state index is 12.7. The number of benzene rings is 1. The van der Waals surface area contributed by atoms with E-state index in [2.05, 4.69) is 42.5 Å². The zero-order chi connectivity index (χ0) is 23.8. The van der Waals surface area contributed by atoms with Crippen LogP contribution in [0.15, 0.2) is 60.3 Å². The molecule has 3 unspecified atom stereocenters. The summed E-state index contributed by atoms with van der Waals surface area (Å²) in [6.45, 7) is 7.62. The highest BCUT2D eigenvalue weighted by molar-refractivity contribution is 5.92. The highest BCUT2D eigenvalue weighted by Gasteiger charge is 2.32. The van der Waals surface area contributed by atoms with E-state index in [1.807, 2.05) is 30.3 Å². The van der Waals surface area contributed by atoms with Gasteiger partial charge in [0.05, 0.1) is 7.11 Å². The van der Waals surface area contributed by atoms with Gasteiger partial charge in [0.1, 0.15) is 11.4 Å². The van der Waals surface area contributed by atoms with E-state index >= 15 is 0 Å². The summed E-state index contributed by atoms with van der Waals surface area (Å²) >= 11 is 0. The van der Waals surface area contributed by atoms with Crippen LogP contribution >= 0.6 is 0 Å². The third kappa shape index (κ3) is 6.91. The number of amides is 2. The van der Waals surface area contributed by atoms with Crippen molar-refractivity contribution in [1.82, 2.24) is 15.6 Å². The Morgan fingerprint density at radius 2 is 1.88 bits per heavy atom. The smallest absolute Gasteiger partial charge is 0.269 e. The van der Waals surface area contributed by atoms with Gasteiger partial charge < -0.3 is 15.4 Å². The number of nitrogens with zero attached hydrogens (tertiary/aromatic N) is 1. The maximum Gasteiger partial charge on any atom is 0.269 e. The minimum Gasteiger partial charge on any atom is -0.497 e. The van der Waals surface area contributed by atoms with Crippen molar-refractivity contribution in [2.45, 2.75) is 40.2 Å². The fraction of sp³-hybridized carbons (Fsp3) is 0.444. The molecule has 33 heavy (non-hydrogen) atoms. The number of hydrogen-bond donors (Lipinski definition) is 2. The third-order valence-electron chi connectivity index (χ3n) is 6.56. The molecule has 3 atom stereocenters. The van der Waals surface area contributed by atoms with E-state index in [0.29, 0.717) is 37.0 Å². The number of ether oxygens (including phenoxy) is 1. The number of nitrogens with one attached hydrogen (secondary N) is 2. The van der Waals surface area contributed by atoms with E-state index in [-0.39, 0.29) is 23.7 Å². The molecular formula is C27H35N3O3. The SMILES string of the molecule is COc1ccc(CNC(=O)CC2CC(C(C)C)C(CNC(=O)c3ccccn3)C=C2C)cc1. The van der Waals surface area contributed by atoms with Crippen LogP contribution in [-0.4, -0.2) is 30.5 Å². The first-order valence-corrected chi connectivity index (χ1v) is 11.6. The quantitative estimate of drug-likeness (QED) is 0.557. The van der Waals surface area contributed by atoms with Gasteiger partial charge in [-0.05, 0) is 66.8 Å². The highest BCUT2D eigenvalue weighted by Crippen LogP contribution is 2.38. The van der Waals surface area contributed by atoms with E-state index in [4.69, 9.17) is 4.74 Å². The van der Waals surface area contributed by atoms with Crippen LogP contribution in [-0.2, 0) is 11.3 Å². The third-order valence-corrected chi connectivity index (χ3v) is 6.56. The summed E-state index contributed by atoms with van der Waals surface area (Å²) in [4.78, 5) is 29.2. The Bertz CT molecular complexity index is 954. The van der Waals surface area contributed by atoms with Gasteiger partial charge in [-0.3, -0.25) is 14.6 Å². The van der Waals surface area contributed by atoms with Crippen LogP contribution in [0.4, 0.5) is 0 Å². The standard InChI is InChI=1S/C27H35N3O3/c1-18(2)24-14-21(15-26(31)29-16-20-8-10-23(33-4)11-9-20)19(3)13-22(24)17-30-27(32)25-7-5-6-12-28-25/h5-13,18,21-22,24H,14-17H2,1-4H3,(H,29,31)(H,30,32). The van der Waals surface area contributed by atoms with Gasteiger partial charge in [-0.15, -0.1) is 0 Å². The summed E-state index contributed by atoms with van der Waals surface area (Å²) in [6.07, 6.45) is 5.31. The second kappa shape index (κ2) is 11.6. The predicted octanol–water partition coefficient (Wildman–Crippen LogP) is 4.38. The summed E-state index contributed by atoms with van der Waals surface area (Å²) in [7, 11) is 1.64. The molecule has 2 aromatic rings. The van der Waals surface area contributed by atoms with Crippen molar-refractivity contribution in [2.75, 3.05) is 13.7 Å². The van der Waals surface area contributed by atoms with E-state index in [0.717, 1.165) is 17.7 Å². The summed E-state index contributed by atoms with van der Waals surface area (Å²) in [5.74, 6) is 2.04. The van der Waals surface area contributed by atoms with Crippen LogP contribution in [0.3, 0.4) is 0 Å². The average molecular weight is 450 g/mol. The van der Waals surface area contributed by atoms with Crippen molar-refractivity contribution in [1.29, 1.82) is 0 Å². The molecule has 1 aromatic carbocycles. The van der Waals surface area contributed by atoms with Crippen molar-refractivity contribution < 1.29 is 14.3 Å². The lowest BCUT2D eigenvalue weighted by Gasteiger charge is -2.37. The van der Waals surface area contributed by atoms with Gasteiger partial charge in [0.2, 0.25) is 5.91 Å². The summed E-state index contributed by atoms with van der Waals surface area (Å²) in [6, 6.07) is 13.1. The number of pyridine rings is 1. The largest absolute Gasteiger partial charge is 0.497 e. The molecule has 0 fully saturated rings. The second-order valence-electron chi connectivity index (χ2n) is 9.17. The molecule has 0 saturated carbocycles. The Morgan fingerprint density at radius 1 is 1.12 bits per heavy atom. The van der Waals surface area contributed by atoms with Gasteiger partial charge in [-0.25, -0.2) is 0 Å². The molecule has 0 saturated heterocycles. The van der Waals surface area contributed by atoms with E-state index in [1.54, 1.807) is 25.4 Å². The predicted molar refractivity (Wildman–Crippen MR) is 130 cm³/mol. The van der Waals surface area contributed by atoms with Crippen molar-refractivity contribution in [2.24, 2.45) is 23.7 Å². The van der Waals surface area contributed by atoms with Crippen molar-refractivity contribution in [3.05, 3.63) is 71.6 Å². The Morgan fingerprint density at radius 3 is 2.52 bits per heavy atom. The number of methoxy groups -OCH3 is 1. The topological polar surface area (TPSA) is 80.3 Å². The highest BCUT2D eigenvalue weighted by atomic mass is 16.5. The zero-order valence-electron chi connectivity index (χ0n) is 20.0. The average Bonchev–Trinajstić information content (AvgIpc) is 2.83. The molecule has 3 rings (SSSR count). The molecule has 0 bridgehead atoms. The van der Waals surface area contributed by atoms with Gasteiger partial charge in [-0.1, -0.05) is 43.7 Å². The molecule has 1 aliphatic carbocycles. The van der Waals surface area contributed by atoms with Gasteiger partial charge >= 0.3 is 0 Å². The zero-order valence-corrected chi connectivity index (χ0v) is 20.0. The monoisotopic (exact) mass is 449 g/mol. The molecule has 6 nitrogen and oxygen atoms in total. The fourth-order valence-corrected chi connectivity index (χ4v) is 4.55. The Kier molecular flexibility index (Phi) is 8.64. The number of carbonyl (C=O) groups excluding carboxylic acids is 2. The van der Waals surface area contributed by atoms with Crippen molar-refractivity contribution >= 4 is 11.8 Å². The molecule has 0 aliphatic heterocycles. The summed E-state index contributed by atoms with van der Waals surface area (Å²) in [5.41, 5.74) is 2.70. The summed E-state index contributed by atoms with van der Waals surface area (Å²) < 4.78 is 5.18. The van der Waals surface area contributed by atoms with Crippen LogP contribution < -0.4 is 15.4 Å². The van der Waals surface area contributed by atoms with Crippen molar-refractivity contribution in [3.8, 4) is 5.75 Å². The maximum absolute atomic E-state index is 12.7. The van der Waals surface area contributed by atoms with Gasteiger partial charge in [-0.2, -0.15) is 0 Å². The number of carbonyl (C=O) groups is 2. The number of allylic oxidation sites excluding steroid dienone is 1. The van der Waals surface area contributed by atoms with Crippen LogP contribution in [0.5, 0.6) is 5.75 Å². The first-order valence-electron chi connectivity index (χ1n) is 11.6. The van der Waals surface area contributed by atoms with Gasteiger partial charge in [0.25, 0.3) is 5.91 Å². The Labute approximate surface area is 196 Å². The van der Waals surface area contributed by atoms with Crippen molar-refractivity contribution in [3.63, 3.8) is 0 Å². The van der Waals surface area contributed by atoms with Gasteiger partial charge in [0.15, 0.2) is 0 Å². The number of rotatable bonds is 9. The molecule has 1 heterocycles.